The van der Waals surface area contributed by atoms with Crippen molar-refractivity contribution in [1.82, 2.24) is 15.3 Å². The van der Waals surface area contributed by atoms with E-state index >= 15 is 0 Å². The Kier molecular flexibility index (Phi) is 3.83. The molecule has 0 aliphatic rings. The van der Waals surface area contributed by atoms with E-state index in [0.29, 0.717) is 0 Å². The number of hydrogen-bond donors (Lipinski definition) is 1. The zero-order valence-corrected chi connectivity index (χ0v) is 10.3. The number of aromatic nitrogens is 2. The van der Waals surface area contributed by atoms with Crippen LogP contribution < -0.4 is 5.32 Å². The maximum atomic E-state index is 4.05. The molecule has 88 valence electrons. The van der Waals surface area contributed by atoms with Crippen molar-refractivity contribution in [2.45, 2.75) is 20.4 Å². The minimum atomic E-state index is 0.920. The lowest BCUT2D eigenvalue weighted by Crippen LogP contribution is -2.11. The second-order valence-electron chi connectivity index (χ2n) is 4.06. The normalized spacial score (nSPS) is 10.5. The van der Waals surface area contributed by atoms with E-state index in [-0.39, 0.29) is 0 Å². The molecule has 1 N–H and O–H groups in total. The molecule has 0 radical (unpaired) electrons. The Bertz CT molecular complexity index is 480. The van der Waals surface area contributed by atoms with Crippen molar-refractivity contribution in [2.24, 2.45) is 0 Å². The predicted octanol–water partition coefficient (Wildman–Crippen LogP) is 2.56. The minimum Gasteiger partial charge on any atom is -0.313 e. The van der Waals surface area contributed by atoms with Crippen molar-refractivity contribution in [2.75, 3.05) is 6.54 Å². The minimum absolute atomic E-state index is 0.920. The Morgan fingerprint density at radius 1 is 1.18 bits per heavy atom. The van der Waals surface area contributed by atoms with E-state index in [1.165, 1.54) is 16.7 Å². The third-order valence-corrected chi connectivity index (χ3v) is 2.74. The Labute approximate surface area is 102 Å². The van der Waals surface area contributed by atoms with Crippen LogP contribution in [0.3, 0.4) is 0 Å². The number of benzene rings is 1. The number of hydrogen-bond acceptors (Lipinski definition) is 3. The van der Waals surface area contributed by atoms with Crippen LogP contribution in [-0.2, 0) is 6.54 Å². The molecule has 2 aromatic rings. The van der Waals surface area contributed by atoms with Crippen LogP contribution in [0, 0.1) is 6.92 Å². The average molecular weight is 227 g/mol. The third kappa shape index (κ3) is 2.88. The van der Waals surface area contributed by atoms with Gasteiger partial charge in [-0.2, -0.15) is 0 Å². The zero-order valence-electron chi connectivity index (χ0n) is 10.3. The lowest BCUT2D eigenvalue weighted by atomic mass is 10.0. The summed E-state index contributed by atoms with van der Waals surface area (Å²) < 4.78 is 0. The lowest BCUT2D eigenvalue weighted by Gasteiger charge is -2.08. The number of aryl methyl sites for hydroxylation is 1. The highest BCUT2D eigenvalue weighted by Crippen LogP contribution is 2.22. The van der Waals surface area contributed by atoms with Gasteiger partial charge in [0.2, 0.25) is 0 Å². The molecule has 0 atom stereocenters. The summed E-state index contributed by atoms with van der Waals surface area (Å²) in [7, 11) is 0. The molecule has 1 heterocycles. The Balaban J connectivity index is 2.26. The van der Waals surface area contributed by atoms with Gasteiger partial charge in [0.05, 0.1) is 0 Å². The molecule has 17 heavy (non-hydrogen) atoms. The van der Waals surface area contributed by atoms with Gasteiger partial charge in [-0.05, 0) is 30.2 Å². The quantitative estimate of drug-likeness (QED) is 0.872. The fraction of sp³-hybridized carbons (Fsp3) is 0.286. The van der Waals surface area contributed by atoms with Gasteiger partial charge in [-0.3, -0.25) is 0 Å². The predicted molar refractivity (Wildman–Crippen MR) is 69.6 cm³/mol. The Morgan fingerprint density at radius 2 is 1.94 bits per heavy atom. The van der Waals surface area contributed by atoms with Crippen LogP contribution in [0.4, 0.5) is 0 Å². The van der Waals surface area contributed by atoms with Crippen molar-refractivity contribution in [1.29, 1.82) is 0 Å². The monoisotopic (exact) mass is 227 g/mol. The molecule has 0 aliphatic carbocycles. The van der Waals surface area contributed by atoms with Gasteiger partial charge in [0.1, 0.15) is 6.33 Å². The molecule has 0 saturated heterocycles. The molecule has 3 nitrogen and oxygen atoms in total. The summed E-state index contributed by atoms with van der Waals surface area (Å²) in [6, 6.07) is 6.50. The van der Waals surface area contributed by atoms with Gasteiger partial charge in [0.25, 0.3) is 0 Å². The van der Waals surface area contributed by atoms with Crippen LogP contribution in [0.2, 0.25) is 0 Å². The van der Waals surface area contributed by atoms with Crippen LogP contribution in [0.5, 0.6) is 0 Å². The van der Waals surface area contributed by atoms with Crippen LogP contribution in [0.15, 0.2) is 36.9 Å². The van der Waals surface area contributed by atoms with Crippen LogP contribution in [0.25, 0.3) is 11.1 Å². The molecule has 0 bridgehead atoms. The van der Waals surface area contributed by atoms with Crippen LogP contribution in [0.1, 0.15) is 18.1 Å². The largest absolute Gasteiger partial charge is 0.313 e. The van der Waals surface area contributed by atoms with Crippen molar-refractivity contribution in [3.63, 3.8) is 0 Å². The molecule has 0 amide bonds. The number of nitrogens with zero attached hydrogens (tertiary/aromatic N) is 2. The molecule has 0 fully saturated rings. The summed E-state index contributed by atoms with van der Waals surface area (Å²) >= 11 is 0. The second kappa shape index (κ2) is 5.55. The first kappa shape index (κ1) is 11.7. The zero-order chi connectivity index (χ0) is 12.1. The standard InChI is InChI=1S/C14H17N3/c1-3-15-7-12-4-5-14(11(2)6-12)13-8-16-10-17-9-13/h4-6,8-10,15H,3,7H2,1-2H3. The maximum Gasteiger partial charge on any atom is 0.115 e. The van der Waals surface area contributed by atoms with E-state index in [0.717, 1.165) is 18.7 Å². The van der Waals surface area contributed by atoms with E-state index < -0.39 is 0 Å². The maximum absolute atomic E-state index is 4.05. The molecular formula is C14H17N3. The van der Waals surface area contributed by atoms with Crippen molar-refractivity contribution < 1.29 is 0 Å². The first-order valence-corrected chi connectivity index (χ1v) is 5.87. The van der Waals surface area contributed by atoms with E-state index in [1.54, 1.807) is 6.33 Å². The summed E-state index contributed by atoms with van der Waals surface area (Å²) in [6.07, 6.45) is 5.25. The van der Waals surface area contributed by atoms with E-state index in [2.05, 4.69) is 47.3 Å². The lowest BCUT2D eigenvalue weighted by molar-refractivity contribution is 0.726. The van der Waals surface area contributed by atoms with Gasteiger partial charge in [-0.1, -0.05) is 25.1 Å². The van der Waals surface area contributed by atoms with Crippen molar-refractivity contribution in [3.8, 4) is 11.1 Å². The van der Waals surface area contributed by atoms with Crippen LogP contribution >= 0.6 is 0 Å². The first-order valence-electron chi connectivity index (χ1n) is 5.87. The van der Waals surface area contributed by atoms with Gasteiger partial charge in [0, 0.05) is 24.5 Å². The highest BCUT2D eigenvalue weighted by molar-refractivity contribution is 5.65. The van der Waals surface area contributed by atoms with Gasteiger partial charge in [-0.15, -0.1) is 0 Å². The summed E-state index contributed by atoms with van der Waals surface area (Å²) in [5.41, 5.74) is 4.84. The molecule has 1 aromatic heterocycles. The molecule has 2 rings (SSSR count). The fourth-order valence-corrected chi connectivity index (χ4v) is 1.87. The smallest absolute Gasteiger partial charge is 0.115 e. The fourth-order valence-electron chi connectivity index (χ4n) is 1.87. The van der Waals surface area contributed by atoms with Crippen molar-refractivity contribution in [3.05, 3.63) is 48.0 Å². The van der Waals surface area contributed by atoms with Crippen molar-refractivity contribution >= 4 is 0 Å². The summed E-state index contributed by atoms with van der Waals surface area (Å²) in [4.78, 5) is 8.10. The Morgan fingerprint density at radius 3 is 2.59 bits per heavy atom. The molecule has 0 unspecified atom stereocenters. The highest BCUT2D eigenvalue weighted by atomic mass is 14.8. The topological polar surface area (TPSA) is 37.8 Å². The van der Waals surface area contributed by atoms with Gasteiger partial charge < -0.3 is 5.32 Å². The molecule has 3 heteroatoms. The molecule has 0 saturated carbocycles. The van der Waals surface area contributed by atoms with E-state index in [1.807, 2.05) is 12.4 Å². The van der Waals surface area contributed by atoms with Gasteiger partial charge >= 0.3 is 0 Å². The van der Waals surface area contributed by atoms with E-state index in [9.17, 15) is 0 Å². The average Bonchev–Trinajstić information content (AvgIpc) is 2.37. The Hall–Kier alpha value is -1.74. The van der Waals surface area contributed by atoms with E-state index in [4.69, 9.17) is 0 Å². The number of rotatable bonds is 4. The molecule has 1 aromatic carbocycles. The molecule has 0 spiro atoms. The van der Waals surface area contributed by atoms with Gasteiger partial charge in [0.15, 0.2) is 0 Å². The first-order chi connectivity index (χ1) is 8.31. The SMILES string of the molecule is CCNCc1ccc(-c2cncnc2)c(C)c1. The summed E-state index contributed by atoms with van der Waals surface area (Å²) in [5.74, 6) is 0. The molecule has 0 aliphatic heterocycles. The molecular weight excluding hydrogens is 210 g/mol. The van der Waals surface area contributed by atoms with Crippen LogP contribution in [-0.4, -0.2) is 16.5 Å². The van der Waals surface area contributed by atoms with Gasteiger partial charge in [-0.25, -0.2) is 9.97 Å². The summed E-state index contributed by atoms with van der Waals surface area (Å²) in [5, 5.41) is 3.33. The number of nitrogens with one attached hydrogen (secondary N) is 1. The second-order valence-corrected chi connectivity index (χ2v) is 4.06. The third-order valence-electron chi connectivity index (χ3n) is 2.74. The summed E-state index contributed by atoms with van der Waals surface area (Å²) in [6.45, 7) is 6.15. The highest BCUT2D eigenvalue weighted by Gasteiger charge is 2.03.